The second kappa shape index (κ2) is 6.38. The van der Waals surface area contributed by atoms with E-state index in [0.717, 1.165) is 47.2 Å². The van der Waals surface area contributed by atoms with E-state index < -0.39 is 0 Å². The summed E-state index contributed by atoms with van der Waals surface area (Å²) < 4.78 is 13.4. The summed E-state index contributed by atoms with van der Waals surface area (Å²) in [5, 5.41) is 8.86. The number of ether oxygens (including phenoxy) is 1. The van der Waals surface area contributed by atoms with Gasteiger partial charge in [0.05, 0.1) is 12.3 Å². The van der Waals surface area contributed by atoms with Crippen LogP contribution in [0.5, 0.6) is 5.75 Å². The predicted molar refractivity (Wildman–Crippen MR) is 101 cm³/mol. The van der Waals surface area contributed by atoms with Crippen molar-refractivity contribution in [3.05, 3.63) is 53.1 Å². The van der Waals surface area contributed by atoms with Crippen molar-refractivity contribution < 1.29 is 9.15 Å². The molecule has 0 spiro atoms. The molecular formula is C19H17N5O2S. The quantitative estimate of drug-likeness (QED) is 0.501. The third-order valence-electron chi connectivity index (χ3n) is 4.50. The molecule has 0 saturated heterocycles. The van der Waals surface area contributed by atoms with Crippen LogP contribution in [0.4, 0.5) is 0 Å². The molecule has 0 fully saturated rings. The molecule has 0 aliphatic carbocycles. The van der Waals surface area contributed by atoms with Crippen LogP contribution >= 0.6 is 11.8 Å². The number of thioether (sulfide) groups is 1. The number of benzene rings is 1. The smallest absolute Gasteiger partial charge is 0.277 e. The Morgan fingerprint density at radius 3 is 3.00 bits per heavy atom. The minimum Gasteiger partial charge on any atom is -0.493 e. The van der Waals surface area contributed by atoms with Gasteiger partial charge in [-0.2, -0.15) is 0 Å². The molecule has 1 aromatic carbocycles. The number of rotatable bonds is 4. The first-order chi connectivity index (χ1) is 13.2. The van der Waals surface area contributed by atoms with Crippen molar-refractivity contribution in [3.63, 3.8) is 0 Å². The van der Waals surface area contributed by atoms with Crippen molar-refractivity contribution in [2.75, 3.05) is 6.61 Å². The first kappa shape index (κ1) is 16.3. The molecular weight excluding hydrogens is 362 g/mol. The van der Waals surface area contributed by atoms with Crippen molar-refractivity contribution in [1.29, 1.82) is 0 Å². The van der Waals surface area contributed by atoms with E-state index in [1.54, 1.807) is 0 Å². The standard InChI is InChI=1S/C19H17N5O2S/c1-11-7-12(2)24-9-15(21-18(24)20-11)10-27-19-23-22-17(26-19)14-3-4-16-13(8-14)5-6-25-16/h3-4,7-9H,5-6,10H2,1-2H3. The summed E-state index contributed by atoms with van der Waals surface area (Å²) in [6.45, 7) is 4.75. The Bertz CT molecular complexity index is 1150. The van der Waals surface area contributed by atoms with Crippen LogP contribution in [0.3, 0.4) is 0 Å². The van der Waals surface area contributed by atoms with Crippen LogP contribution in [0.1, 0.15) is 22.6 Å². The second-order valence-electron chi connectivity index (χ2n) is 6.52. The zero-order valence-corrected chi connectivity index (χ0v) is 15.8. The molecule has 8 heteroatoms. The van der Waals surface area contributed by atoms with E-state index in [0.29, 0.717) is 16.9 Å². The summed E-state index contributed by atoms with van der Waals surface area (Å²) in [7, 11) is 0. The van der Waals surface area contributed by atoms with Crippen LogP contribution < -0.4 is 4.74 Å². The van der Waals surface area contributed by atoms with E-state index in [-0.39, 0.29) is 0 Å². The number of fused-ring (bicyclic) bond motifs is 2. The molecule has 4 aromatic rings. The summed E-state index contributed by atoms with van der Waals surface area (Å²) >= 11 is 1.47. The van der Waals surface area contributed by atoms with Crippen LogP contribution in [0.25, 0.3) is 17.2 Å². The molecule has 136 valence electrons. The van der Waals surface area contributed by atoms with Crippen molar-refractivity contribution in [2.24, 2.45) is 0 Å². The van der Waals surface area contributed by atoms with E-state index in [2.05, 4.69) is 26.2 Å². The van der Waals surface area contributed by atoms with E-state index in [1.165, 1.54) is 17.3 Å². The summed E-state index contributed by atoms with van der Waals surface area (Å²) in [4.78, 5) is 9.05. The Morgan fingerprint density at radius 1 is 1.15 bits per heavy atom. The normalized spacial score (nSPS) is 13.1. The Kier molecular flexibility index (Phi) is 3.86. The lowest BCUT2D eigenvalue weighted by molar-refractivity contribution is 0.357. The highest BCUT2D eigenvalue weighted by Gasteiger charge is 2.16. The summed E-state index contributed by atoms with van der Waals surface area (Å²) in [6.07, 6.45) is 2.92. The SMILES string of the molecule is Cc1cc(C)n2cc(CSc3nnc(-c4ccc5c(c4)CCO5)o3)nc2n1. The van der Waals surface area contributed by atoms with Gasteiger partial charge in [-0.1, -0.05) is 11.8 Å². The molecule has 4 heterocycles. The molecule has 27 heavy (non-hydrogen) atoms. The third kappa shape index (κ3) is 3.06. The van der Waals surface area contributed by atoms with E-state index in [4.69, 9.17) is 9.15 Å². The molecule has 0 saturated carbocycles. The molecule has 0 unspecified atom stereocenters. The van der Waals surface area contributed by atoms with Crippen LogP contribution in [0.15, 0.2) is 40.1 Å². The zero-order valence-electron chi connectivity index (χ0n) is 15.0. The number of hydrogen-bond acceptors (Lipinski definition) is 7. The van der Waals surface area contributed by atoms with Gasteiger partial charge in [-0.25, -0.2) is 9.97 Å². The molecule has 5 rings (SSSR count). The Morgan fingerprint density at radius 2 is 2.07 bits per heavy atom. The summed E-state index contributed by atoms with van der Waals surface area (Å²) in [5.74, 6) is 2.82. The lowest BCUT2D eigenvalue weighted by Crippen LogP contribution is -1.94. The largest absolute Gasteiger partial charge is 0.493 e. The maximum absolute atomic E-state index is 5.82. The molecule has 1 aliphatic rings. The average molecular weight is 379 g/mol. The fraction of sp³-hybridized carbons (Fsp3) is 0.263. The minimum atomic E-state index is 0.523. The number of aryl methyl sites for hydroxylation is 2. The van der Waals surface area contributed by atoms with E-state index in [1.807, 2.05) is 42.6 Å². The first-order valence-corrected chi connectivity index (χ1v) is 9.69. The molecule has 3 aromatic heterocycles. The van der Waals surface area contributed by atoms with Gasteiger partial charge in [0.25, 0.3) is 5.22 Å². The third-order valence-corrected chi connectivity index (χ3v) is 5.35. The summed E-state index contributed by atoms with van der Waals surface area (Å²) in [5.41, 5.74) is 5.10. The topological polar surface area (TPSA) is 78.3 Å². The van der Waals surface area contributed by atoms with Crippen LogP contribution in [-0.2, 0) is 12.2 Å². The zero-order chi connectivity index (χ0) is 18.4. The average Bonchev–Trinajstić information content (AvgIpc) is 3.38. The predicted octanol–water partition coefficient (Wildman–Crippen LogP) is 3.62. The number of aromatic nitrogens is 5. The van der Waals surface area contributed by atoms with Crippen molar-refractivity contribution in [1.82, 2.24) is 24.6 Å². The monoisotopic (exact) mass is 379 g/mol. The van der Waals surface area contributed by atoms with E-state index in [9.17, 15) is 0 Å². The van der Waals surface area contributed by atoms with Crippen LogP contribution in [0, 0.1) is 13.8 Å². The van der Waals surface area contributed by atoms with Gasteiger partial charge < -0.3 is 9.15 Å². The Labute approximate surface area is 159 Å². The van der Waals surface area contributed by atoms with Gasteiger partial charge in [0, 0.05) is 35.3 Å². The van der Waals surface area contributed by atoms with Gasteiger partial charge in [0.2, 0.25) is 11.7 Å². The Hall–Kier alpha value is -2.87. The minimum absolute atomic E-state index is 0.523. The maximum Gasteiger partial charge on any atom is 0.277 e. The second-order valence-corrected chi connectivity index (χ2v) is 7.45. The highest BCUT2D eigenvalue weighted by atomic mass is 32.2. The van der Waals surface area contributed by atoms with Crippen molar-refractivity contribution in [2.45, 2.75) is 31.2 Å². The van der Waals surface area contributed by atoms with Gasteiger partial charge in [0.1, 0.15) is 5.75 Å². The molecule has 0 bridgehead atoms. The molecule has 0 atom stereocenters. The number of hydrogen-bond donors (Lipinski definition) is 0. The Balaban J connectivity index is 1.33. The van der Waals surface area contributed by atoms with Gasteiger partial charge in [-0.3, -0.25) is 4.40 Å². The maximum atomic E-state index is 5.82. The van der Waals surface area contributed by atoms with Gasteiger partial charge >= 0.3 is 0 Å². The molecule has 0 radical (unpaired) electrons. The number of imidazole rings is 1. The van der Waals surface area contributed by atoms with Crippen LogP contribution in [0.2, 0.25) is 0 Å². The van der Waals surface area contributed by atoms with Crippen LogP contribution in [-0.4, -0.2) is 31.2 Å². The van der Waals surface area contributed by atoms with E-state index >= 15 is 0 Å². The fourth-order valence-corrected chi connectivity index (χ4v) is 3.87. The van der Waals surface area contributed by atoms with Crippen molar-refractivity contribution in [3.8, 4) is 17.2 Å². The lowest BCUT2D eigenvalue weighted by Gasteiger charge is -1.99. The molecule has 0 N–H and O–H groups in total. The highest BCUT2D eigenvalue weighted by molar-refractivity contribution is 7.98. The first-order valence-electron chi connectivity index (χ1n) is 8.70. The van der Waals surface area contributed by atoms with Gasteiger partial charge in [-0.05, 0) is 43.7 Å². The van der Waals surface area contributed by atoms with Crippen molar-refractivity contribution >= 4 is 17.5 Å². The fourth-order valence-electron chi connectivity index (χ4n) is 3.23. The molecule has 0 amide bonds. The molecule has 1 aliphatic heterocycles. The lowest BCUT2D eigenvalue weighted by atomic mass is 10.1. The highest BCUT2D eigenvalue weighted by Crippen LogP contribution is 2.31. The molecule has 7 nitrogen and oxygen atoms in total. The van der Waals surface area contributed by atoms with Gasteiger partial charge in [0.15, 0.2) is 0 Å². The van der Waals surface area contributed by atoms with Gasteiger partial charge in [-0.15, -0.1) is 10.2 Å². The number of nitrogens with zero attached hydrogens (tertiary/aromatic N) is 5. The summed E-state index contributed by atoms with van der Waals surface area (Å²) in [6, 6.07) is 8.01.